The minimum Gasteiger partial charge on any atom is -0.478 e. The fourth-order valence-electron chi connectivity index (χ4n) is 3.97. The van der Waals surface area contributed by atoms with Gasteiger partial charge in [-0.05, 0) is 48.1 Å². The van der Waals surface area contributed by atoms with Crippen LogP contribution >= 0.6 is 0 Å². The van der Waals surface area contributed by atoms with Gasteiger partial charge in [-0.15, -0.1) is 0 Å². The highest BCUT2D eigenvalue weighted by molar-refractivity contribution is 6.06. The summed E-state index contributed by atoms with van der Waals surface area (Å²) in [4.78, 5) is 16.8. The number of rotatable bonds is 4. The Balaban J connectivity index is 1.94. The number of nitrogens with zero attached hydrogens (tertiary/aromatic N) is 1. The molecule has 1 aromatic heterocycles. The maximum Gasteiger partial charge on any atom is 0.387 e. The lowest BCUT2D eigenvalue weighted by Gasteiger charge is -2.26. The molecule has 1 N–H and O–H groups in total. The summed E-state index contributed by atoms with van der Waals surface area (Å²) in [7, 11) is 0. The van der Waals surface area contributed by atoms with E-state index in [4.69, 9.17) is 4.98 Å². The molecule has 0 fully saturated rings. The number of allylic oxidation sites excluding steroid dienone is 1. The minimum absolute atomic E-state index is 0.0778. The molecule has 1 atom stereocenters. The molecule has 3 aromatic rings. The molecule has 1 unspecified atom stereocenters. The van der Waals surface area contributed by atoms with Crippen molar-refractivity contribution in [2.75, 3.05) is 0 Å². The van der Waals surface area contributed by atoms with Crippen molar-refractivity contribution in [3.05, 3.63) is 70.9 Å². The van der Waals surface area contributed by atoms with Gasteiger partial charge in [0.1, 0.15) is 5.75 Å². The number of hydrogen-bond donors (Lipinski definition) is 1. The van der Waals surface area contributed by atoms with Crippen molar-refractivity contribution < 1.29 is 23.4 Å². The Kier molecular flexibility index (Phi) is 5.01. The van der Waals surface area contributed by atoms with E-state index in [9.17, 15) is 18.7 Å². The Hall–Kier alpha value is -3.28. The Bertz CT molecular complexity index is 1120. The standard InChI is InChI=1S/C23H19F2NO3/c1-13-10-15(12-14-6-2-5-9-19(14)29-23(24)25)21-17(11-13)20(22(27)28)16-7-3-4-8-18(16)26-21/h2-9,12-13,23H,10-11H2,1H3,(H,27,28)/b15-12+. The third-order valence-corrected chi connectivity index (χ3v) is 5.10. The first-order valence-electron chi connectivity index (χ1n) is 9.33. The molecular weight excluding hydrogens is 376 g/mol. The molecule has 1 aliphatic carbocycles. The maximum atomic E-state index is 12.8. The fraction of sp³-hybridized carbons (Fsp3) is 0.217. The van der Waals surface area contributed by atoms with Crippen molar-refractivity contribution in [3.8, 4) is 5.75 Å². The van der Waals surface area contributed by atoms with Gasteiger partial charge in [-0.1, -0.05) is 43.3 Å². The number of aromatic carboxylic acids is 1. The average Bonchev–Trinajstić information content (AvgIpc) is 2.67. The smallest absolute Gasteiger partial charge is 0.387 e. The Morgan fingerprint density at radius 3 is 2.66 bits per heavy atom. The van der Waals surface area contributed by atoms with Gasteiger partial charge < -0.3 is 9.84 Å². The van der Waals surface area contributed by atoms with Crippen LogP contribution in [0.25, 0.3) is 22.6 Å². The molecule has 0 amide bonds. The van der Waals surface area contributed by atoms with Gasteiger partial charge in [-0.25, -0.2) is 9.78 Å². The SMILES string of the molecule is CC1C/C(=C\c2ccccc2OC(F)F)c2nc3ccccc3c(C(=O)O)c2C1. The van der Waals surface area contributed by atoms with Gasteiger partial charge in [0.05, 0.1) is 16.8 Å². The maximum absolute atomic E-state index is 12.8. The van der Waals surface area contributed by atoms with Crippen LogP contribution in [0.4, 0.5) is 8.78 Å². The molecule has 4 rings (SSSR count). The topological polar surface area (TPSA) is 59.4 Å². The molecule has 0 radical (unpaired) electrons. The van der Waals surface area contributed by atoms with Crippen molar-refractivity contribution in [2.45, 2.75) is 26.4 Å². The number of carbonyl (C=O) groups is 1. The number of alkyl halides is 2. The summed E-state index contributed by atoms with van der Waals surface area (Å²) < 4.78 is 30.2. The zero-order valence-electron chi connectivity index (χ0n) is 15.7. The fourth-order valence-corrected chi connectivity index (χ4v) is 3.97. The van der Waals surface area contributed by atoms with E-state index in [1.807, 2.05) is 13.0 Å². The van der Waals surface area contributed by atoms with Gasteiger partial charge in [0.2, 0.25) is 0 Å². The number of halogens is 2. The van der Waals surface area contributed by atoms with Crippen LogP contribution < -0.4 is 4.74 Å². The number of carboxylic acids is 1. The summed E-state index contributed by atoms with van der Waals surface area (Å²) >= 11 is 0. The average molecular weight is 395 g/mol. The van der Waals surface area contributed by atoms with Gasteiger partial charge in [-0.2, -0.15) is 8.78 Å². The molecular formula is C23H19F2NO3. The van der Waals surface area contributed by atoms with Crippen LogP contribution in [0, 0.1) is 5.92 Å². The molecule has 0 bridgehead atoms. The summed E-state index contributed by atoms with van der Waals surface area (Å²) in [5.41, 5.74) is 3.49. The quantitative estimate of drug-likeness (QED) is 0.619. The Morgan fingerprint density at radius 2 is 1.90 bits per heavy atom. The van der Waals surface area contributed by atoms with Gasteiger partial charge in [0.25, 0.3) is 0 Å². The zero-order valence-corrected chi connectivity index (χ0v) is 15.7. The number of pyridine rings is 1. The summed E-state index contributed by atoms with van der Waals surface area (Å²) in [6.07, 6.45) is 3.04. The van der Waals surface area contributed by atoms with Crippen LogP contribution in [0.1, 0.15) is 40.5 Å². The van der Waals surface area contributed by atoms with E-state index in [2.05, 4.69) is 4.74 Å². The molecule has 29 heavy (non-hydrogen) atoms. The van der Waals surface area contributed by atoms with E-state index >= 15 is 0 Å². The summed E-state index contributed by atoms with van der Waals surface area (Å²) in [5, 5.41) is 10.5. The predicted molar refractivity (Wildman–Crippen MR) is 107 cm³/mol. The number of benzene rings is 2. The minimum atomic E-state index is -2.92. The van der Waals surface area contributed by atoms with Crippen molar-refractivity contribution in [3.63, 3.8) is 0 Å². The highest BCUT2D eigenvalue weighted by Gasteiger charge is 2.28. The van der Waals surface area contributed by atoms with E-state index in [0.717, 1.165) is 5.57 Å². The highest BCUT2D eigenvalue weighted by Crippen LogP contribution is 2.39. The first-order chi connectivity index (χ1) is 13.9. The van der Waals surface area contributed by atoms with Gasteiger partial charge in [-0.3, -0.25) is 0 Å². The summed E-state index contributed by atoms with van der Waals surface area (Å²) in [6.45, 7) is -0.882. The molecule has 1 heterocycles. The molecule has 0 saturated heterocycles. The molecule has 0 spiro atoms. The predicted octanol–water partition coefficient (Wildman–Crippen LogP) is 5.66. The van der Waals surface area contributed by atoms with E-state index in [0.29, 0.717) is 40.6 Å². The number of ether oxygens (including phenoxy) is 1. The Morgan fingerprint density at radius 1 is 1.17 bits per heavy atom. The van der Waals surface area contributed by atoms with Gasteiger partial charge >= 0.3 is 12.6 Å². The first-order valence-corrected chi connectivity index (χ1v) is 9.33. The number of carboxylic acid groups (broad SMARTS) is 1. The van der Waals surface area contributed by atoms with Crippen LogP contribution in [-0.4, -0.2) is 22.7 Å². The zero-order chi connectivity index (χ0) is 20.5. The van der Waals surface area contributed by atoms with Gasteiger partial charge in [0.15, 0.2) is 0 Å². The molecule has 2 aromatic carbocycles. The lowest BCUT2D eigenvalue weighted by Crippen LogP contribution is -2.17. The third-order valence-electron chi connectivity index (χ3n) is 5.10. The van der Waals surface area contributed by atoms with E-state index in [1.54, 1.807) is 42.5 Å². The second-order valence-electron chi connectivity index (χ2n) is 7.24. The van der Waals surface area contributed by atoms with Crippen molar-refractivity contribution in [2.24, 2.45) is 5.92 Å². The lowest BCUT2D eigenvalue weighted by molar-refractivity contribution is -0.0499. The van der Waals surface area contributed by atoms with Crippen molar-refractivity contribution in [1.29, 1.82) is 0 Å². The molecule has 4 nitrogen and oxygen atoms in total. The number of aromatic nitrogens is 1. The molecule has 0 saturated carbocycles. The number of hydrogen-bond acceptors (Lipinski definition) is 3. The van der Waals surface area contributed by atoms with Crippen LogP contribution in [0.15, 0.2) is 48.5 Å². The van der Waals surface area contributed by atoms with Crippen LogP contribution in [0.3, 0.4) is 0 Å². The van der Waals surface area contributed by atoms with Gasteiger partial charge in [0, 0.05) is 10.9 Å². The van der Waals surface area contributed by atoms with E-state index in [1.165, 1.54) is 6.07 Å². The number of fused-ring (bicyclic) bond motifs is 2. The van der Waals surface area contributed by atoms with Crippen LogP contribution in [-0.2, 0) is 6.42 Å². The van der Waals surface area contributed by atoms with Crippen LogP contribution in [0.2, 0.25) is 0 Å². The third kappa shape index (κ3) is 3.70. The monoisotopic (exact) mass is 395 g/mol. The first kappa shape index (κ1) is 19.1. The normalized spacial score (nSPS) is 17.5. The second kappa shape index (κ2) is 7.62. The second-order valence-corrected chi connectivity index (χ2v) is 7.24. The largest absolute Gasteiger partial charge is 0.478 e. The summed E-state index contributed by atoms with van der Waals surface area (Å²) in [5.74, 6) is -0.721. The van der Waals surface area contributed by atoms with Crippen molar-refractivity contribution >= 4 is 28.5 Å². The molecule has 1 aliphatic rings. The molecule has 6 heteroatoms. The lowest BCUT2D eigenvalue weighted by atomic mass is 9.80. The van der Waals surface area contributed by atoms with E-state index < -0.39 is 12.6 Å². The van der Waals surface area contributed by atoms with Crippen LogP contribution in [0.5, 0.6) is 5.75 Å². The molecule has 0 aliphatic heterocycles. The summed E-state index contributed by atoms with van der Waals surface area (Å²) in [6, 6.07) is 13.7. The van der Waals surface area contributed by atoms with E-state index in [-0.39, 0.29) is 17.2 Å². The Labute approximate surface area is 166 Å². The number of para-hydroxylation sites is 2. The van der Waals surface area contributed by atoms with Crippen molar-refractivity contribution in [1.82, 2.24) is 4.98 Å². The highest BCUT2D eigenvalue weighted by atomic mass is 19.3. The molecule has 148 valence electrons.